The number of nitrogens with one attached hydrogen (secondary N) is 1. The molecular weight excluding hydrogens is 280 g/mol. The lowest BCUT2D eigenvalue weighted by Crippen LogP contribution is -2.40. The molecule has 1 aromatic heterocycles. The van der Waals surface area contributed by atoms with Gasteiger partial charge in [-0.2, -0.15) is 0 Å². The van der Waals surface area contributed by atoms with Crippen LogP contribution in [0.3, 0.4) is 0 Å². The molecular formula is C17H22N2O3. The highest BCUT2D eigenvalue weighted by Crippen LogP contribution is 2.21. The Kier molecular flexibility index (Phi) is 5.20. The van der Waals surface area contributed by atoms with Gasteiger partial charge in [0.25, 0.3) is 5.91 Å². The number of aryl methyl sites for hydroxylation is 1. The molecule has 118 valence electrons. The first-order valence-corrected chi connectivity index (χ1v) is 7.70. The van der Waals surface area contributed by atoms with E-state index in [4.69, 9.17) is 0 Å². The summed E-state index contributed by atoms with van der Waals surface area (Å²) in [6.07, 6.45) is 3.91. The fourth-order valence-electron chi connectivity index (χ4n) is 2.59. The standard InChI is InChI=1S/C17H22N2O3/c1-3-5-9-14(17(21)22)18-16(20)13-11-19(4-2)15-10-7-6-8-12(13)15/h6-8,10-11,14H,3-5,9H2,1-2H3,(H,18,20)(H,21,22)/t14-/m0/s1. The lowest BCUT2D eigenvalue weighted by molar-refractivity contribution is -0.139. The van der Waals surface area contributed by atoms with Crippen LogP contribution in [0, 0.1) is 0 Å². The van der Waals surface area contributed by atoms with Crippen molar-refractivity contribution in [1.82, 2.24) is 9.88 Å². The first-order chi connectivity index (χ1) is 10.6. The third-order valence-electron chi connectivity index (χ3n) is 3.82. The number of aromatic nitrogens is 1. The predicted octanol–water partition coefficient (Wildman–Crippen LogP) is 3.03. The largest absolute Gasteiger partial charge is 0.480 e. The van der Waals surface area contributed by atoms with Gasteiger partial charge in [-0.15, -0.1) is 0 Å². The van der Waals surface area contributed by atoms with Crippen molar-refractivity contribution in [3.05, 3.63) is 36.0 Å². The third-order valence-corrected chi connectivity index (χ3v) is 3.82. The van der Waals surface area contributed by atoms with Gasteiger partial charge < -0.3 is 15.0 Å². The van der Waals surface area contributed by atoms with Crippen molar-refractivity contribution in [2.24, 2.45) is 0 Å². The van der Waals surface area contributed by atoms with E-state index in [1.807, 2.05) is 42.7 Å². The van der Waals surface area contributed by atoms with Gasteiger partial charge in [0.05, 0.1) is 5.56 Å². The summed E-state index contributed by atoms with van der Waals surface area (Å²) in [5.41, 5.74) is 1.51. The number of carbonyl (C=O) groups excluding carboxylic acids is 1. The molecule has 5 nitrogen and oxygen atoms in total. The van der Waals surface area contributed by atoms with Crippen molar-refractivity contribution in [2.45, 2.75) is 45.7 Å². The molecule has 0 aliphatic rings. The predicted molar refractivity (Wildman–Crippen MR) is 86.0 cm³/mol. The van der Waals surface area contributed by atoms with Crippen molar-refractivity contribution < 1.29 is 14.7 Å². The minimum Gasteiger partial charge on any atom is -0.480 e. The normalized spacial score (nSPS) is 12.3. The number of carboxylic acid groups (broad SMARTS) is 1. The highest BCUT2D eigenvalue weighted by molar-refractivity contribution is 6.07. The Morgan fingerprint density at radius 3 is 2.64 bits per heavy atom. The van der Waals surface area contributed by atoms with Gasteiger partial charge in [0, 0.05) is 23.6 Å². The maximum absolute atomic E-state index is 12.5. The van der Waals surface area contributed by atoms with Crippen LogP contribution in [-0.4, -0.2) is 27.6 Å². The molecule has 0 saturated heterocycles. The first-order valence-electron chi connectivity index (χ1n) is 7.70. The number of nitrogens with zero attached hydrogens (tertiary/aromatic N) is 1. The van der Waals surface area contributed by atoms with Gasteiger partial charge in [0.2, 0.25) is 0 Å². The lowest BCUT2D eigenvalue weighted by Gasteiger charge is -2.13. The molecule has 1 atom stereocenters. The monoisotopic (exact) mass is 302 g/mol. The zero-order valence-corrected chi connectivity index (χ0v) is 13.0. The Bertz CT molecular complexity index is 676. The highest BCUT2D eigenvalue weighted by Gasteiger charge is 2.22. The molecule has 0 unspecified atom stereocenters. The number of amides is 1. The summed E-state index contributed by atoms with van der Waals surface area (Å²) in [4.78, 5) is 23.8. The zero-order chi connectivity index (χ0) is 16.1. The minimum absolute atomic E-state index is 0.327. The van der Waals surface area contributed by atoms with Crippen molar-refractivity contribution in [2.75, 3.05) is 0 Å². The van der Waals surface area contributed by atoms with Crippen LogP contribution in [0.2, 0.25) is 0 Å². The molecule has 0 bridgehead atoms. The van der Waals surface area contributed by atoms with Crippen molar-refractivity contribution in [3.8, 4) is 0 Å². The van der Waals surface area contributed by atoms with Crippen LogP contribution in [0.1, 0.15) is 43.5 Å². The summed E-state index contributed by atoms with van der Waals surface area (Å²) in [6, 6.07) is 6.82. The molecule has 0 aliphatic heterocycles. The number of hydrogen-bond acceptors (Lipinski definition) is 2. The number of unbranched alkanes of at least 4 members (excludes halogenated alkanes) is 1. The van der Waals surface area contributed by atoms with Gasteiger partial charge in [-0.05, 0) is 19.4 Å². The van der Waals surface area contributed by atoms with Crippen molar-refractivity contribution in [1.29, 1.82) is 0 Å². The fraction of sp³-hybridized carbons (Fsp3) is 0.412. The van der Waals surface area contributed by atoms with Gasteiger partial charge in [-0.3, -0.25) is 4.79 Å². The highest BCUT2D eigenvalue weighted by atomic mass is 16.4. The van der Waals surface area contributed by atoms with Crippen LogP contribution in [0.5, 0.6) is 0 Å². The van der Waals surface area contributed by atoms with E-state index < -0.39 is 12.0 Å². The second kappa shape index (κ2) is 7.11. The average molecular weight is 302 g/mol. The number of carbonyl (C=O) groups is 2. The Labute approximate surface area is 129 Å². The maximum atomic E-state index is 12.5. The minimum atomic E-state index is -0.985. The summed E-state index contributed by atoms with van der Waals surface area (Å²) < 4.78 is 1.99. The smallest absolute Gasteiger partial charge is 0.326 e. The van der Waals surface area contributed by atoms with Crippen LogP contribution < -0.4 is 5.32 Å². The summed E-state index contributed by atoms with van der Waals surface area (Å²) >= 11 is 0. The number of para-hydroxylation sites is 1. The Hall–Kier alpha value is -2.30. The van der Waals surface area contributed by atoms with Gasteiger partial charge >= 0.3 is 5.97 Å². The van der Waals surface area contributed by atoms with E-state index in [1.165, 1.54) is 0 Å². The summed E-state index contributed by atoms with van der Waals surface area (Å²) in [7, 11) is 0. The molecule has 0 spiro atoms. The molecule has 2 rings (SSSR count). The second-order valence-electron chi connectivity index (χ2n) is 5.35. The van der Waals surface area contributed by atoms with E-state index in [2.05, 4.69) is 5.32 Å². The number of rotatable bonds is 7. The molecule has 5 heteroatoms. The molecule has 1 aromatic carbocycles. The topological polar surface area (TPSA) is 71.3 Å². The zero-order valence-electron chi connectivity index (χ0n) is 13.0. The molecule has 0 fully saturated rings. The van der Waals surface area contributed by atoms with Gasteiger partial charge in [0.15, 0.2) is 0 Å². The quantitative estimate of drug-likeness (QED) is 0.826. The number of carboxylic acids is 1. The van der Waals surface area contributed by atoms with E-state index in [0.29, 0.717) is 12.0 Å². The van der Waals surface area contributed by atoms with Crippen molar-refractivity contribution >= 4 is 22.8 Å². The SMILES string of the molecule is CCCC[C@H](NC(=O)c1cn(CC)c2ccccc12)C(=O)O. The molecule has 0 saturated carbocycles. The fourth-order valence-corrected chi connectivity index (χ4v) is 2.59. The molecule has 0 radical (unpaired) electrons. The van der Waals surface area contributed by atoms with Crippen LogP contribution >= 0.6 is 0 Å². The third kappa shape index (κ3) is 3.30. The number of hydrogen-bond donors (Lipinski definition) is 2. The van der Waals surface area contributed by atoms with E-state index in [0.717, 1.165) is 30.3 Å². The first kappa shape index (κ1) is 16.1. The molecule has 1 heterocycles. The molecule has 1 amide bonds. The van der Waals surface area contributed by atoms with E-state index in [9.17, 15) is 14.7 Å². The van der Waals surface area contributed by atoms with Crippen LogP contribution in [0.15, 0.2) is 30.5 Å². The summed E-state index contributed by atoms with van der Waals surface area (Å²) in [5.74, 6) is -1.31. The molecule has 2 aromatic rings. The van der Waals surface area contributed by atoms with E-state index in [1.54, 1.807) is 6.20 Å². The summed E-state index contributed by atoms with van der Waals surface area (Å²) in [6.45, 7) is 4.76. The average Bonchev–Trinajstić information content (AvgIpc) is 2.90. The second-order valence-corrected chi connectivity index (χ2v) is 5.35. The van der Waals surface area contributed by atoms with Gasteiger partial charge in [-0.1, -0.05) is 38.0 Å². The molecule has 22 heavy (non-hydrogen) atoms. The Morgan fingerprint density at radius 1 is 1.27 bits per heavy atom. The van der Waals surface area contributed by atoms with E-state index >= 15 is 0 Å². The molecule has 2 N–H and O–H groups in total. The van der Waals surface area contributed by atoms with Crippen LogP contribution in [0.4, 0.5) is 0 Å². The van der Waals surface area contributed by atoms with Crippen LogP contribution in [0.25, 0.3) is 10.9 Å². The number of fused-ring (bicyclic) bond motifs is 1. The maximum Gasteiger partial charge on any atom is 0.326 e. The Morgan fingerprint density at radius 2 is 2.00 bits per heavy atom. The van der Waals surface area contributed by atoms with Gasteiger partial charge in [-0.25, -0.2) is 4.79 Å². The molecule has 0 aliphatic carbocycles. The van der Waals surface area contributed by atoms with Crippen LogP contribution in [-0.2, 0) is 11.3 Å². The lowest BCUT2D eigenvalue weighted by atomic mass is 10.1. The number of aliphatic carboxylic acids is 1. The van der Waals surface area contributed by atoms with Gasteiger partial charge in [0.1, 0.15) is 6.04 Å². The van der Waals surface area contributed by atoms with Crippen molar-refractivity contribution in [3.63, 3.8) is 0 Å². The summed E-state index contributed by atoms with van der Waals surface area (Å²) in [5, 5.41) is 12.7. The Balaban J connectivity index is 2.27. The van der Waals surface area contributed by atoms with E-state index in [-0.39, 0.29) is 5.91 Å². The number of benzene rings is 1.